The van der Waals surface area contributed by atoms with E-state index >= 15 is 0 Å². The monoisotopic (exact) mass is 480 g/mol. The number of hydrogen-bond donors (Lipinski definition) is 2. The summed E-state index contributed by atoms with van der Waals surface area (Å²) >= 11 is 0. The number of anilines is 1. The zero-order valence-electron chi connectivity index (χ0n) is 19.6. The Kier molecular flexibility index (Phi) is 8.12. The topological polar surface area (TPSA) is 87.0 Å². The first-order chi connectivity index (χ1) is 17.0. The number of piperazine rings is 1. The van der Waals surface area contributed by atoms with Crippen LogP contribution in [0.25, 0.3) is 0 Å². The van der Waals surface area contributed by atoms with Gasteiger partial charge >= 0.3 is 0 Å². The van der Waals surface area contributed by atoms with Gasteiger partial charge in [0, 0.05) is 32.7 Å². The van der Waals surface area contributed by atoms with Crippen molar-refractivity contribution in [1.29, 1.82) is 0 Å². The van der Waals surface area contributed by atoms with Gasteiger partial charge in [-0.25, -0.2) is 4.39 Å². The van der Waals surface area contributed by atoms with E-state index in [0.717, 1.165) is 31.7 Å². The van der Waals surface area contributed by atoms with Crippen molar-refractivity contribution in [3.05, 3.63) is 83.6 Å². The third kappa shape index (κ3) is 6.68. The Morgan fingerprint density at radius 3 is 2.51 bits per heavy atom. The van der Waals surface area contributed by atoms with E-state index in [0.29, 0.717) is 23.6 Å². The Morgan fingerprint density at radius 2 is 1.80 bits per heavy atom. The Balaban J connectivity index is 1.25. The van der Waals surface area contributed by atoms with Crippen molar-refractivity contribution >= 4 is 17.5 Å². The Morgan fingerprint density at radius 1 is 1.03 bits per heavy atom. The van der Waals surface area contributed by atoms with Crippen LogP contribution in [0, 0.1) is 5.82 Å². The van der Waals surface area contributed by atoms with Crippen molar-refractivity contribution in [2.24, 2.45) is 0 Å². The molecule has 35 heavy (non-hydrogen) atoms. The molecule has 0 bridgehead atoms. The van der Waals surface area contributed by atoms with E-state index in [9.17, 15) is 14.0 Å². The fraction of sp³-hybridized carbons (Fsp3) is 0.308. The molecule has 8 nitrogen and oxygen atoms in total. The summed E-state index contributed by atoms with van der Waals surface area (Å²) in [6.45, 7) is 4.12. The van der Waals surface area contributed by atoms with Gasteiger partial charge in [-0.3, -0.25) is 19.4 Å². The smallest absolute Gasteiger partial charge is 0.253 e. The fourth-order valence-corrected chi connectivity index (χ4v) is 4.03. The first kappa shape index (κ1) is 24.4. The number of halogens is 1. The molecule has 1 saturated heterocycles. The van der Waals surface area contributed by atoms with Crippen LogP contribution in [-0.2, 0) is 17.9 Å². The first-order valence-corrected chi connectivity index (χ1v) is 11.5. The zero-order chi connectivity index (χ0) is 24.6. The van der Waals surface area contributed by atoms with Crippen LogP contribution in [0.2, 0.25) is 0 Å². The van der Waals surface area contributed by atoms with Crippen molar-refractivity contribution in [2.75, 3.05) is 45.2 Å². The molecule has 3 aromatic rings. The van der Waals surface area contributed by atoms with E-state index in [1.54, 1.807) is 48.7 Å². The van der Waals surface area contributed by atoms with Crippen LogP contribution in [0.15, 0.2) is 65.3 Å². The number of carbonyl (C=O) groups excluding carboxylic acids is 2. The Labute approximate surface area is 203 Å². The van der Waals surface area contributed by atoms with Gasteiger partial charge in [-0.2, -0.15) is 0 Å². The van der Waals surface area contributed by atoms with E-state index in [1.165, 1.54) is 13.2 Å². The lowest BCUT2D eigenvalue weighted by molar-refractivity contribution is -0.117. The standard InChI is InChI=1S/C26H29FN4O4/c1-34-24-9-8-19(15-22(24)27)17-30-10-12-31(13-11-30)18-25(32)29-23-7-3-2-6-21(23)26(33)28-16-20-5-4-14-35-20/h2-9,14-15H,10-13,16-18H2,1H3,(H,28,33)(H,29,32). The molecule has 1 fully saturated rings. The molecule has 1 aliphatic rings. The molecule has 0 unspecified atom stereocenters. The molecule has 1 aromatic heterocycles. The predicted octanol–water partition coefficient (Wildman–Crippen LogP) is 3.11. The average Bonchev–Trinajstić information content (AvgIpc) is 3.38. The first-order valence-electron chi connectivity index (χ1n) is 11.5. The molecular weight excluding hydrogens is 451 g/mol. The number of carbonyl (C=O) groups is 2. The van der Waals surface area contributed by atoms with E-state index in [4.69, 9.17) is 9.15 Å². The second-order valence-corrected chi connectivity index (χ2v) is 8.38. The Bertz CT molecular complexity index is 1140. The van der Waals surface area contributed by atoms with Crippen LogP contribution in [0.5, 0.6) is 5.75 Å². The number of amides is 2. The number of methoxy groups -OCH3 is 1. The highest BCUT2D eigenvalue weighted by Crippen LogP contribution is 2.19. The van der Waals surface area contributed by atoms with Crippen molar-refractivity contribution in [2.45, 2.75) is 13.1 Å². The van der Waals surface area contributed by atoms with E-state index in [1.807, 2.05) is 6.07 Å². The molecule has 2 N–H and O–H groups in total. The number of hydrogen-bond acceptors (Lipinski definition) is 6. The summed E-state index contributed by atoms with van der Waals surface area (Å²) in [5.74, 6) is 0.0513. The van der Waals surface area contributed by atoms with E-state index in [-0.39, 0.29) is 36.5 Å². The number of furan rings is 1. The minimum atomic E-state index is -0.366. The summed E-state index contributed by atoms with van der Waals surface area (Å²) in [7, 11) is 1.45. The molecular formula is C26H29FN4O4. The van der Waals surface area contributed by atoms with Crippen LogP contribution in [0.1, 0.15) is 21.7 Å². The molecule has 0 spiro atoms. The third-order valence-electron chi connectivity index (χ3n) is 5.90. The van der Waals surface area contributed by atoms with Crippen LogP contribution < -0.4 is 15.4 Å². The van der Waals surface area contributed by atoms with Gasteiger partial charge in [0.1, 0.15) is 5.76 Å². The summed E-state index contributed by atoms with van der Waals surface area (Å²) < 4.78 is 24.2. The van der Waals surface area contributed by atoms with E-state index in [2.05, 4.69) is 20.4 Å². The zero-order valence-corrected chi connectivity index (χ0v) is 19.6. The van der Waals surface area contributed by atoms with E-state index < -0.39 is 0 Å². The highest BCUT2D eigenvalue weighted by atomic mass is 19.1. The van der Waals surface area contributed by atoms with Crippen molar-refractivity contribution in [3.63, 3.8) is 0 Å². The maximum Gasteiger partial charge on any atom is 0.253 e. The Hall–Kier alpha value is -3.69. The van der Waals surface area contributed by atoms with Gasteiger partial charge in [0.15, 0.2) is 11.6 Å². The lowest BCUT2D eigenvalue weighted by Crippen LogP contribution is -2.48. The minimum Gasteiger partial charge on any atom is -0.494 e. The SMILES string of the molecule is COc1ccc(CN2CCN(CC(=O)Nc3ccccc3C(=O)NCc3ccco3)CC2)cc1F. The highest BCUT2D eigenvalue weighted by molar-refractivity contribution is 6.04. The summed E-state index contributed by atoms with van der Waals surface area (Å²) in [6.07, 6.45) is 1.55. The lowest BCUT2D eigenvalue weighted by atomic mass is 10.1. The molecule has 0 radical (unpaired) electrons. The molecule has 184 valence electrons. The maximum atomic E-state index is 13.9. The minimum absolute atomic E-state index is 0.179. The molecule has 2 heterocycles. The fourth-order valence-electron chi connectivity index (χ4n) is 4.03. The highest BCUT2D eigenvalue weighted by Gasteiger charge is 2.20. The second-order valence-electron chi connectivity index (χ2n) is 8.38. The summed E-state index contributed by atoms with van der Waals surface area (Å²) in [4.78, 5) is 29.6. The number of para-hydroxylation sites is 1. The number of rotatable bonds is 9. The summed E-state index contributed by atoms with van der Waals surface area (Å²) in [5, 5.41) is 5.67. The number of benzene rings is 2. The molecule has 2 aromatic carbocycles. The molecule has 0 aliphatic carbocycles. The number of nitrogens with one attached hydrogen (secondary N) is 2. The summed E-state index contributed by atoms with van der Waals surface area (Å²) in [5.41, 5.74) is 1.75. The molecule has 1 aliphatic heterocycles. The molecule has 2 amide bonds. The molecule has 4 rings (SSSR count). The van der Waals surface area contributed by atoms with Crippen LogP contribution in [-0.4, -0.2) is 61.4 Å². The normalized spacial score (nSPS) is 14.5. The van der Waals surface area contributed by atoms with Gasteiger partial charge in [-0.05, 0) is 42.0 Å². The lowest BCUT2D eigenvalue weighted by Gasteiger charge is -2.34. The van der Waals surface area contributed by atoms with Crippen molar-refractivity contribution < 1.29 is 23.1 Å². The largest absolute Gasteiger partial charge is 0.494 e. The molecule has 9 heteroatoms. The van der Waals surface area contributed by atoms with Gasteiger partial charge in [-0.1, -0.05) is 18.2 Å². The molecule has 0 atom stereocenters. The van der Waals surface area contributed by atoms with Gasteiger partial charge in [0.25, 0.3) is 5.91 Å². The van der Waals surface area contributed by atoms with Crippen molar-refractivity contribution in [1.82, 2.24) is 15.1 Å². The van der Waals surface area contributed by atoms with Gasteiger partial charge in [0.05, 0.1) is 37.7 Å². The van der Waals surface area contributed by atoms with Crippen LogP contribution in [0.4, 0.5) is 10.1 Å². The average molecular weight is 481 g/mol. The van der Waals surface area contributed by atoms with Gasteiger partial charge in [0.2, 0.25) is 5.91 Å². The number of ether oxygens (including phenoxy) is 1. The quantitative estimate of drug-likeness (QED) is 0.490. The van der Waals surface area contributed by atoms with Crippen LogP contribution in [0.3, 0.4) is 0 Å². The van der Waals surface area contributed by atoms with Crippen LogP contribution >= 0.6 is 0 Å². The molecule has 0 saturated carbocycles. The summed E-state index contributed by atoms with van der Waals surface area (Å²) in [6, 6.07) is 15.5. The maximum absolute atomic E-state index is 13.9. The number of nitrogens with zero attached hydrogens (tertiary/aromatic N) is 2. The van der Waals surface area contributed by atoms with Crippen molar-refractivity contribution in [3.8, 4) is 5.75 Å². The second kappa shape index (κ2) is 11.6. The predicted molar refractivity (Wildman–Crippen MR) is 130 cm³/mol. The van der Waals surface area contributed by atoms with Gasteiger partial charge < -0.3 is 19.8 Å². The third-order valence-corrected chi connectivity index (χ3v) is 5.90. The van der Waals surface area contributed by atoms with Gasteiger partial charge in [-0.15, -0.1) is 0 Å².